The van der Waals surface area contributed by atoms with Crippen LogP contribution in [0.5, 0.6) is 0 Å². The number of carbonyl (C=O) groups is 1. The average molecular weight is 472 g/mol. The Bertz CT molecular complexity index is 1220. The highest BCUT2D eigenvalue weighted by Crippen LogP contribution is 2.31. The molecule has 35 heavy (non-hydrogen) atoms. The van der Waals surface area contributed by atoms with E-state index in [1.165, 1.54) is 6.07 Å². The second kappa shape index (κ2) is 10.8. The third-order valence-corrected chi connectivity index (χ3v) is 5.78. The molecule has 0 unspecified atom stereocenters. The number of rotatable bonds is 7. The minimum atomic E-state index is -0.829. The second-order valence-electron chi connectivity index (χ2n) is 8.47. The Morgan fingerprint density at radius 1 is 0.800 bits per heavy atom. The van der Waals surface area contributed by atoms with Crippen molar-refractivity contribution in [2.45, 2.75) is 12.6 Å². The van der Waals surface area contributed by atoms with Gasteiger partial charge in [-0.15, -0.1) is 0 Å². The summed E-state index contributed by atoms with van der Waals surface area (Å²) in [5, 5.41) is 2.64. The number of benzene rings is 4. The van der Waals surface area contributed by atoms with Gasteiger partial charge >= 0.3 is 6.03 Å². The summed E-state index contributed by atoms with van der Waals surface area (Å²) in [5.41, 5.74) is 3.71. The molecule has 4 rings (SSSR count). The van der Waals surface area contributed by atoms with Gasteiger partial charge in [0.2, 0.25) is 0 Å². The molecule has 0 bridgehead atoms. The summed E-state index contributed by atoms with van der Waals surface area (Å²) in [6.45, 7) is 0.275. The minimum absolute atomic E-state index is 0.0794. The van der Waals surface area contributed by atoms with Gasteiger partial charge in [-0.2, -0.15) is 0 Å². The van der Waals surface area contributed by atoms with E-state index < -0.39 is 23.7 Å². The Hall–Kier alpha value is -4.19. The summed E-state index contributed by atoms with van der Waals surface area (Å²) < 4.78 is 27.8. The van der Waals surface area contributed by atoms with Crippen LogP contribution in [0.4, 0.5) is 25.0 Å². The van der Waals surface area contributed by atoms with Gasteiger partial charge < -0.3 is 15.1 Å². The van der Waals surface area contributed by atoms with Gasteiger partial charge in [-0.05, 0) is 41.0 Å². The lowest BCUT2D eigenvalue weighted by atomic mass is 9.96. The van der Waals surface area contributed by atoms with E-state index in [2.05, 4.69) is 5.32 Å². The van der Waals surface area contributed by atoms with Gasteiger partial charge in [-0.1, -0.05) is 72.8 Å². The molecule has 0 aliphatic carbocycles. The van der Waals surface area contributed by atoms with E-state index in [0.29, 0.717) is 0 Å². The summed E-state index contributed by atoms with van der Waals surface area (Å²) in [7, 11) is 3.93. The molecule has 6 heteroatoms. The first-order valence-electron chi connectivity index (χ1n) is 11.3. The van der Waals surface area contributed by atoms with Crippen LogP contribution < -0.4 is 10.2 Å². The van der Waals surface area contributed by atoms with Gasteiger partial charge in [0, 0.05) is 32.4 Å². The molecule has 0 radical (unpaired) electrons. The zero-order valence-corrected chi connectivity index (χ0v) is 19.7. The van der Waals surface area contributed by atoms with Crippen molar-refractivity contribution in [3.8, 4) is 0 Å². The summed E-state index contributed by atoms with van der Waals surface area (Å²) in [6, 6.07) is 29.5. The van der Waals surface area contributed by atoms with E-state index in [0.717, 1.165) is 34.5 Å². The first kappa shape index (κ1) is 24.0. The molecular weight excluding hydrogens is 444 g/mol. The monoisotopic (exact) mass is 471 g/mol. The molecule has 1 N–H and O–H groups in total. The maximum absolute atomic E-state index is 14.4. The number of anilines is 2. The number of nitrogens with one attached hydrogen (secondary N) is 1. The summed E-state index contributed by atoms with van der Waals surface area (Å²) >= 11 is 0. The van der Waals surface area contributed by atoms with Gasteiger partial charge in [-0.3, -0.25) is 0 Å². The Balaban J connectivity index is 1.75. The quantitative estimate of drug-likeness (QED) is 0.320. The maximum Gasteiger partial charge on any atom is 0.323 e. The van der Waals surface area contributed by atoms with Crippen LogP contribution >= 0.6 is 0 Å². The summed E-state index contributed by atoms with van der Waals surface area (Å²) in [4.78, 5) is 17.3. The van der Waals surface area contributed by atoms with Crippen LogP contribution in [0, 0.1) is 11.6 Å². The fourth-order valence-electron chi connectivity index (χ4n) is 3.98. The zero-order chi connectivity index (χ0) is 24.8. The zero-order valence-electron chi connectivity index (χ0n) is 19.7. The van der Waals surface area contributed by atoms with Crippen LogP contribution in [0.15, 0.2) is 103 Å². The van der Waals surface area contributed by atoms with E-state index in [-0.39, 0.29) is 12.2 Å². The molecule has 2 amide bonds. The Labute approximate surface area is 204 Å². The topological polar surface area (TPSA) is 35.6 Å². The summed E-state index contributed by atoms with van der Waals surface area (Å²) in [5.74, 6) is -1.53. The van der Waals surface area contributed by atoms with Crippen molar-refractivity contribution in [2.75, 3.05) is 24.3 Å². The molecule has 0 aliphatic rings. The van der Waals surface area contributed by atoms with Crippen molar-refractivity contribution in [2.24, 2.45) is 0 Å². The minimum Gasteiger partial charge on any atom is -0.378 e. The van der Waals surface area contributed by atoms with Crippen LogP contribution in [0.3, 0.4) is 0 Å². The molecule has 178 valence electrons. The molecule has 0 spiro atoms. The summed E-state index contributed by atoms with van der Waals surface area (Å²) in [6.07, 6.45) is 0. The fraction of sp³-hybridized carbons (Fsp3) is 0.138. The van der Waals surface area contributed by atoms with Crippen molar-refractivity contribution >= 4 is 17.4 Å². The Morgan fingerprint density at radius 2 is 1.37 bits per heavy atom. The average Bonchev–Trinajstić information content (AvgIpc) is 2.87. The number of hydrogen-bond acceptors (Lipinski definition) is 2. The number of carbonyl (C=O) groups excluding carboxylic acids is 1. The largest absolute Gasteiger partial charge is 0.378 e. The second-order valence-corrected chi connectivity index (χ2v) is 8.47. The molecule has 4 aromatic rings. The highest BCUT2D eigenvalue weighted by molar-refractivity contribution is 5.90. The van der Waals surface area contributed by atoms with Gasteiger partial charge in [0.1, 0.15) is 11.6 Å². The van der Waals surface area contributed by atoms with Crippen LogP contribution in [0.25, 0.3) is 0 Å². The normalized spacial score (nSPS) is 10.8. The van der Waals surface area contributed by atoms with Gasteiger partial charge in [0.25, 0.3) is 0 Å². The van der Waals surface area contributed by atoms with Gasteiger partial charge in [0.15, 0.2) is 0 Å². The predicted octanol–water partition coefficient (Wildman–Crippen LogP) is 6.85. The molecule has 0 aromatic heterocycles. The molecular formula is C29H27F2N3O. The lowest BCUT2D eigenvalue weighted by molar-refractivity contribution is 0.194. The van der Waals surface area contributed by atoms with Crippen LogP contribution in [-0.2, 0) is 6.54 Å². The molecule has 0 saturated carbocycles. The number of urea groups is 1. The van der Waals surface area contributed by atoms with Crippen LogP contribution in [-0.4, -0.2) is 25.0 Å². The highest BCUT2D eigenvalue weighted by atomic mass is 19.1. The number of halogens is 2. The van der Waals surface area contributed by atoms with E-state index in [1.807, 2.05) is 104 Å². The first-order valence-corrected chi connectivity index (χ1v) is 11.3. The first-order chi connectivity index (χ1) is 16.9. The van der Waals surface area contributed by atoms with Crippen molar-refractivity contribution < 1.29 is 13.6 Å². The third kappa shape index (κ3) is 5.84. The predicted molar refractivity (Wildman–Crippen MR) is 136 cm³/mol. The lowest BCUT2D eigenvalue weighted by Crippen LogP contribution is -2.38. The van der Waals surface area contributed by atoms with Crippen LogP contribution in [0.1, 0.15) is 22.7 Å². The van der Waals surface area contributed by atoms with E-state index >= 15 is 0 Å². The SMILES string of the molecule is CN(C)c1ccc(CN(C(=O)Nc2ccc(F)cc2F)C(c2ccccc2)c2ccccc2)cc1. The fourth-order valence-corrected chi connectivity index (χ4v) is 3.98. The van der Waals surface area contributed by atoms with Crippen LogP contribution in [0.2, 0.25) is 0 Å². The third-order valence-electron chi connectivity index (χ3n) is 5.78. The van der Waals surface area contributed by atoms with E-state index in [4.69, 9.17) is 0 Å². The van der Waals surface area contributed by atoms with Gasteiger partial charge in [-0.25, -0.2) is 13.6 Å². The molecule has 0 atom stereocenters. The molecule has 0 fully saturated rings. The lowest BCUT2D eigenvalue weighted by Gasteiger charge is -2.33. The van der Waals surface area contributed by atoms with E-state index in [9.17, 15) is 13.6 Å². The van der Waals surface area contributed by atoms with Crippen molar-refractivity contribution in [3.63, 3.8) is 0 Å². The standard InChI is InChI=1S/C29H27F2N3O/c1-33(2)25-16-13-21(14-17-25)20-34(29(35)32-27-18-15-24(30)19-26(27)31)28(22-9-5-3-6-10-22)23-11-7-4-8-12-23/h3-19,28H,20H2,1-2H3,(H,32,35). The van der Waals surface area contributed by atoms with Crippen molar-refractivity contribution in [1.82, 2.24) is 4.90 Å². The molecule has 4 nitrogen and oxygen atoms in total. The Kier molecular flexibility index (Phi) is 7.41. The Morgan fingerprint density at radius 3 is 1.89 bits per heavy atom. The van der Waals surface area contributed by atoms with E-state index in [1.54, 1.807) is 4.90 Å². The maximum atomic E-state index is 14.4. The molecule has 0 heterocycles. The molecule has 0 saturated heterocycles. The molecule has 0 aliphatic heterocycles. The van der Waals surface area contributed by atoms with Gasteiger partial charge in [0.05, 0.1) is 11.7 Å². The number of nitrogens with zero attached hydrogens (tertiary/aromatic N) is 2. The number of hydrogen-bond donors (Lipinski definition) is 1. The molecule has 4 aromatic carbocycles. The van der Waals surface area contributed by atoms with Crippen molar-refractivity contribution in [1.29, 1.82) is 0 Å². The van der Waals surface area contributed by atoms with Crippen molar-refractivity contribution in [3.05, 3.63) is 131 Å². The number of amides is 2. The smallest absolute Gasteiger partial charge is 0.323 e. The highest BCUT2D eigenvalue weighted by Gasteiger charge is 2.28.